The largest absolute Gasteiger partial charge is 0.389 e. The molecular formula is C12H17ClN2S2. The maximum atomic E-state index is 5.96. The van der Waals surface area contributed by atoms with Crippen LogP contribution in [0, 0.1) is 0 Å². The van der Waals surface area contributed by atoms with Gasteiger partial charge in [-0.1, -0.05) is 30.7 Å². The van der Waals surface area contributed by atoms with Gasteiger partial charge in [-0.2, -0.15) is 11.8 Å². The molecule has 0 amide bonds. The van der Waals surface area contributed by atoms with Gasteiger partial charge in [-0.3, -0.25) is 0 Å². The molecule has 1 aromatic rings. The molecule has 3 N–H and O–H groups in total. The van der Waals surface area contributed by atoms with E-state index in [4.69, 9.17) is 29.6 Å². The van der Waals surface area contributed by atoms with E-state index in [1.807, 2.05) is 23.9 Å². The van der Waals surface area contributed by atoms with Crippen molar-refractivity contribution in [3.05, 3.63) is 28.8 Å². The number of thioether (sulfide) groups is 1. The van der Waals surface area contributed by atoms with Crippen molar-refractivity contribution in [2.75, 3.05) is 18.1 Å². The SMILES string of the molecule is CSC(C)CCNc1cc(Cl)ccc1C(N)=S. The molecule has 1 aromatic carbocycles. The molecular weight excluding hydrogens is 272 g/mol. The third-order valence-electron chi connectivity index (χ3n) is 2.52. The van der Waals surface area contributed by atoms with E-state index in [1.165, 1.54) is 0 Å². The van der Waals surface area contributed by atoms with E-state index in [0.29, 0.717) is 15.3 Å². The average molecular weight is 289 g/mol. The molecule has 0 spiro atoms. The van der Waals surface area contributed by atoms with Crippen molar-refractivity contribution >= 4 is 46.3 Å². The van der Waals surface area contributed by atoms with Gasteiger partial charge in [0.25, 0.3) is 0 Å². The average Bonchev–Trinajstić information content (AvgIpc) is 2.28. The second-order valence-electron chi connectivity index (χ2n) is 3.82. The Morgan fingerprint density at radius 2 is 2.29 bits per heavy atom. The van der Waals surface area contributed by atoms with E-state index in [2.05, 4.69) is 18.5 Å². The van der Waals surface area contributed by atoms with Gasteiger partial charge in [-0.25, -0.2) is 0 Å². The summed E-state index contributed by atoms with van der Waals surface area (Å²) in [5, 5.41) is 4.66. The fourth-order valence-electron chi connectivity index (χ4n) is 1.41. The molecule has 0 saturated carbocycles. The van der Waals surface area contributed by atoms with Crippen LogP contribution in [0.15, 0.2) is 18.2 Å². The first kappa shape index (κ1) is 14.6. The summed E-state index contributed by atoms with van der Waals surface area (Å²) in [6.45, 7) is 3.09. The maximum absolute atomic E-state index is 5.96. The normalized spacial score (nSPS) is 12.2. The second-order valence-corrected chi connectivity index (χ2v) is 5.97. The van der Waals surface area contributed by atoms with Crippen molar-refractivity contribution in [1.29, 1.82) is 0 Å². The van der Waals surface area contributed by atoms with Gasteiger partial charge >= 0.3 is 0 Å². The predicted molar refractivity (Wildman–Crippen MR) is 83.4 cm³/mol. The number of anilines is 1. The zero-order valence-corrected chi connectivity index (χ0v) is 12.4. The van der Waals surface area contributed by atoms with Crippen molar-refractivity contribution in [2.24, 2.45) is 5.73 Å². The molecule has 5 heteroatoms. The Balaban J connectivity index is 2.68. The number of thiocarbonyl (C=S) groups is 1. The van der Waals surface area contributed by atoms with Gasteiger partial charge in [-0.15, -0.1) is 0 Å². The van der Waals surface area contributed by atoms with Gasteiger partial charge in [-0.05, 0) is 30.9 Å². The maximum Gasteiger partial charge on any atom is 0.106 e. The highest BCUT2D eigenvalue weighted by atomic mass is 35.5. The van der Waals surface area contributed by atoms with Crippen molar-refractivity contribution in [2.45, 2.75) is 18.6 Å². The van der Waals surface area contributed by atoms with Gasteiger partial charge in [0.15, 0.2) is 0 Å². The third kappa shape index (κ3) is 4.74. The minimum atomic E-state index is 0.391. The summed E-state index contributed by atoms with van der Waals surface area (Å²) in [6, 6.07) is 5.51. The number of rotatable bonds is 6. The van der Waals surface area contributed by atoms with Crippen LogP contribution in [0.3, 0.4) is 0 Å². The number of halogens is 1. The topological polar surface area (TPSA) is 38.0 Å². The summed E-state index contributed by atoms with van der Waals surface area (Å²) in [4.78, 5) is 0.391. The molecule has 1 unspecified atom stereocenters. The Kier molecular flexibility index (Phi) is 6.09. The van der Waals surface area contributed by atoms with Crippen LogP contribution < -0.4 is 11.1 Å². The predicted octanol–water partition coefficient (Wildman–Crippen LogP) is 3.53. The highest BCUT2D eigenvalue weighted by Gasteiger charge is 2.06. The molecule has 0 heterocycles. The van der Waals surface area contributed by atoms with Crippen LogP contribution in [-0.4, -0.2) is 23.0 Å². The number of nitrogens with two attached hydrogens (primary N) is 1. The molecule has 0 bridgehead atoms. The van der Waals surface area contributed by atoms with Crippen LogP contribution >= 0.6 is 35.6 Å². The minimum Gasteiger partial charge on any atom is -0.389 e. The van der Waals surface area contributed by atoms with Crippen LogP contribution in [0.25, 0.3) is 0 Å². The second kappa shape index (κ2) is 7.09. The van der Waals surface area contributed by atoms with Crippen molar-refractivity contribution < 1.29 is 0 Å². The summed E-state index contributed by atoms with van der Waals surface area (Å²) in [6.07, 6.45) is 3.20. The Hall–Kier alpha value is -0.450. The number of hydrogen-bond donors (Lipinski definition) is 2. The van der Waals surface area contributed by atoms with E-state index in [1.54, 1.807) is 6.07 Å². The number of nitrogens with one attached hydrogen (secondary N) is 1. The zero-order chi connectivity index (χ0) is 12.8. The van der Waals surface area contributed by atoms with Gasteiger partial charge < -0.3 is 11.1 Å². The fraction of sp³-hybridized carbons (Fsp3) is 0.417. The molecule has 2 nitrogen and oxygen atoms in total. The summed E-state index contributed by atoms with van der Waals surface area (Å²) >= 11 is 12.8. The van der Waals surface area contributed by atoms with E-state index < -0.39 is 0 Å². The third-order valence-corrected chi connectivity index (χ3v) is 4.01. The van der Waals surface area contributed by atoms with Crippen LogP contribution in [0.1, 0.15) is 18.9 Å². The molecule has 0 aliphatic carbocycles. The van der Waals surface area contributed by atoms with Crippen molar-refractivity contribution in [1.82, 2.24) is 0 Å². The lowest BCUT2D eigenvalue weighted by molar-refractivity contribution is 0.853. The molecule has 94 valence electrons. The smallest absolute Gasteiger partial charge is 0.106 e. The van der Waals surface area contributed by atoms with Crippen molar-refractivity contribution in [3.63, 3.8) is 0 Å². The fourth-order valence-corrected chi connectivity index (χ4v) is 2.11. The van der Waals surface area contributed by atoms with Gasteiger partial charge in [0.2, 0.25) is 0 Å². The van der Waals surface area contributed by atoms with Crippen LogP contribution in [0.4, 0.5) is 5.69 Å². The van der Waals surface area contributed by atoms with Crippen LogP contribution in [0.5, 0.6) is 0 Å². The highest BCUT2D eigenvalue weighted by Crippen LogP contribution is 2.21. The van der Waals surface area contributed by atoms with E-state index in [9.17, 15) is 0 Å². The van der Waals surface area contributed by atoms with E-state index in [0.717, 1.165) is 24.2 Å². The molecule has 17 heavy (non-hydrogen) atoms. The first-order chi connectivity index (χ1) is 8.04. The molecule has 1 rings (SSSR count). The van der Waals surface area contributed by atoms with Crippen LogP contribution in [-0.2, 0) is 0 Å². The van der Waals surface area contributed by atoms with Gasteiger partial charge in [0.1, 0.15) is 4.99 Å². The lowest BCUT2D eigenvalue weighted by atomic mass is 10.1. The summed E-state index contributed by atoms with van der Waals surface area (Å²) in [7, 11) is 0. The van der Waals surface area contributed by atoms with Crippen molar-refractivity contribution in [3.8, 4) is 0 Å². The Bertz CT molecular complexity index is 396. The Labute approximate surface area is 117 Å². The zero-order valence-electron chi connectivity index (χ0n) is 10.00. The minimum absolute atomic E-state index is 0.391. The molecule has 0 saturated heterocycles. The van der Waals surface area contributed by atoms with E-state index >= 15 is 0 Å². The molecule has 0 aromatic heterocycles. The number of benzene rings is 1. The summed E-state index contributed by atoms with van der Waals surface area (Å²) in [5.74, 6) is 0. The lowest BCUT2D eigenvalue weighted by Crippen LogP contribution is -2.15. The standard InChI is InChI=1S/C12H17ClN2S2/c1-8(17-2)5-6-15-11-7-9(13)3-4-10(11)12(14)16/h3-4,7-8,15H,5-6H2,1-2H3,(H2,14,16). The molecule has 0 aliphatic rings. The summed E-state index contributed by atoms with van der Waals surface area (Å²) < 4.78 is 0. The lowest BCUT2D eigenvalue weighted by Gasteiger charge is -2.13. The van der Waals surface area contributed by atoms with E-state index in [-0.39, 0.29) is 0 Å². The molecule has 0 aliphatic heterocycles. The molecule has 0 fully saturated rings. The first-order valence-electron chi connectivity index (χ1n) is 5.40. The highest BCUT2D eigenvalue weighted by molar-refractivity contribution is 7.99. The van der Waals surface area contributed by atoms with Gasteiger partial charge in [0, 0.05) is 28.1 Å². The monoisotopic (exact) mass is 288 g/mol. The Morgan fingerprint density at radius 1 is 1.59 bits per heavy atom. The first-order valence-corrected chi connectivity index (χ1v) is 7.48. The number of hydrogen-bond acceptors (Lipinski definition) is 3. The quantitative estimate of drug-likeness (QED) is 0.786. The van der Waals surface area contributed by atoms with Gasteiger partial charge in [0.05, 0.1) is 0 Å². The summed E-state index contributed by atoms with van der Waals surface area (Å²) in [5.41, 5.74) is 7.43. The molecule has 1 atom stereocenters. The van der Waals surface area contributed by atoms with Crippen LogP contribution in [0.2, 0.25) is 5.02 Å². The molecule has 0 radical (unpaired) electrons. The Morgan fingerprint density at radius 3 is 2.88 bits per heavy atom.